The molecule has 0 spiro atoms. The van der Waals surface area contributed by atoms with E-state index < -0.39 is 6.04 Å². The van der Waals surface area contributed by atoms with E-state index >= 15 is 0 Å². The van der Waals surface area contributed by atoms with Crippen LogP contribution in [0, 0.1) is 6.92 Å². The van der Waals surface area contributed by atoms with Crippen molar-refractivity contribution in [3.8, 4) is 5.75 Å². The highest BCUT2D eigenvalue weighted by Crippen LogP contribution is 2.21. The van der Waals surface area contributed by atoms with Gasteiger partial charge in [0.1, 0.15) is 5.75 Å². The first-order chi connectivity index (χ1) is 6.02. The third kappa shape index (κ3) is 2.06. The predicted molar refractivity (Wildman–Crippen MR) is 50.5 cm³/mol. The number of Topliss-reactive ketones (excluding diaryl/α,β-unsaturated/α-hetero) is 1. The van der Waals surface area contributed by atoms with Crippen molar-refractivity contribution in [1.29, 1.82) is 0 Å². The van der Waals surface area contributed by atoms with Crippen molar-refractivity contribution in [3.05, 3.63) is 29.3 Å². The molecule has 70 valence electrons. The molecule has 1 rings (SSSR count). The minimum Gasteiger partial charge on any atom is -0.508 e. The van der Waals surface area contributed by atoms with Crippen LogP contribution in [0.2, 0.25) is 0 Å². The summed E-state index contributed by atoms with van der Waals surface area (Å²) in [5.41, 5.74) is 7.25. The van der Waals surface area contributed by atoms with Gasteiger partial charge < -0.3 is 10.8 Å². The Labute approximate surface area is 77.2 Å². The molecule has 1 atom stereocenters. The normalized spacial score (nSPS) is 12.5. The number of carbonyl (C=O) groups is 1. The van der Waals surface area contributed by atoms with Crippen molar-refractivity contribution in [1.82, 2.24) is 0 Å². The van der Waals surface area contributed by atoms with Crippen molar-refractivity contribution in [3.63, 3.8) is 0 Å². The van der Waals surface area contributed by atoms with Crippen molar-refractivity contribution >= 4 is 5.78 Å². The summed E-state index contributed by atoms with van der Waals surface area (Å²) in [5.74, 6) is 0.0333. The maximum Gasteiger partial charge on any atom is 0.150 e. The molecule has 0 amide bonds. The number of aryl methyl sites for hydroxylation is 1. The number of phenols is 1. The topological polar surface area (TPSA) is 63.3 Å². The average molecular weight is 179 g/mol. The highest BCUT2D eigenvalue weighted by molar-refractivity contribution is 5.83. The van der Waals surface area contributed by atoms with E-state index in [4.69, 9.17) is 5.73 Å². The molecule has 0 aliphatic carbocycles. The van der Waals surface area contributed by atoms with Gasteiger partial charge in [-0.15, -0.1) is 0 Å². The van der Waals surface area contributed by atoms with Gasteiger partial charge in [-0.05, 0) is 37.1 Å². The molecule has 0 aliphatic rings. The quantitative estimate of drug-likeness (QED) is 0.719. The Morgan fingerprint density at radius 1 is 1.54 bits per heavy atom. The maximum absolute atomic E-state index is 11.0. The summed E-state index contributed by atoms with van der Waals surface area (Å²) >= 11 is 0. The highest BCUT2D eigenvalue weighted by Gasteiger charge is 2.13. The number of nitrogens with two attached hydrogens (primary N) is 1. The largest absolute Gasteiger partial charge is 0.508 e. The van der Waals surface area contributed by atoms with Crippen LogP contribution in [0.15, 0.2) is 18.2 Å². The van der Waals surface area contributed by atoms with Crippen LogP contribution < -0.4 is 5.73 Å². The number of ketones is 1. The molecule has 0 radical (unpaired) electrons. The van der Waals surface area contributed by atoms with E-state index in [1.54, 1.807) is 12.1 Å². The molecule has 13 heavy (non-hydrogen) atoms. The van der Waals surface area contributed by atoms with Crippen molar-refractivity contribution < 1.29 is 9.90 Å². The van der Waals surface area contributed by atoms with Gasteiger partial charge >= 0.3 is 0 Å². The number of rotatable bonds is 2. The third-order valence-corrected chi connectivity index (χ3v) is 2.04. The molecule has 0 aliphatic heterocycles. The Hall–Kier alpha value is -1.35. The van der Waals surface area contributed by atoms with E-state index in [9.17, 15) is 9.90 Å². The minimum absolute atomic E-state index is 0.103. The molecule has 3 N–H and O–H groups in total. The summed E-state index contributed by atoms with van der Waals surface area (Å²) in [6.45, 7) is 3.30. The van der Waals surface area contributed by atoms with Crippen molar-refractivity contribution in [2.24, 2.45) is 5.73 Å². The zero-order valence-corrected chi connectivity index (χ0v) is 7.74. The predicted octanol–water partition coefficient (Wildman–Crippen LogP) is 1.29. The molecule has 3 nitrogen and oxygen atoms in total. The van der Waals surface area contributed by atoms with Crippen LogP contribution >= 0.6 is 0 Å². The average Bonchev–Trinajstić information content (AvgIpc) is 2.08. The van der Waals surface area contributed by atoms with E-state index in [1.165, 1.54) is 13.0 Å². The fourth-order valence-electron chi connectivity index (χ4n) is 1.18. The summed E-state index contributed by atoms with van der Waals surface area (Å²) in [6, 6.07) is 4.22. The molecule has 1 aromatic carbocycles. The first-order valence-electron chi connectivity index (χ1n) is 4.08. The van der Waals surface area contributed by atoms with Crippen LogP contribution in [-0.2, 0) is 4.79 Å². The van der Waals surface area contributed by atoms with E-state index in [-0.39, 0.29) is 11.5 Å². The second kappa shape index (κ2) is 3.58. The number of benzene rings is 1. The van der Waals surface area contributed by atoms with Crippen LogP contribution in [0.3, 0.4) is 0 Å². The number of hydrogen-bond acceptors (Lipinski definition) is 3. The van der Waals surface area contributed by atoms with Gasteiger partial charge in [0.05, 0.1) is 6.04 Å². The lowest BCUT2D eigenvalue weighted by Crippen LogP contribution is -2.19. The SMILES string of the molecule is CC(=O)C(N)c1cc(O)ccc1C. The molecule has 0 saturated heterocycles. The first kappa shape index (κ1) is 9.74. The number of aromatic hydroxyl groups is 1. The van der Waals surface area contributed by atoms with Gasteiger partial charge in [-0.2, -0.15) is 0 Å². The standard InChI is InChI=1S/C10H13NO2/c1-6-3-4-8(13)5-9(6)10(11)7(2)12/h3-5,10,13H,11H2,1-2H3. The monoisotopic (exact) mass is 179 g/mol. The van der Waals surface area contributed by atoms with Crippen LogP contribution in [0.1, 0.15) is 24.1 Å². The minimum atomic E-state index is -0.632. The Morgan fingerprint density at radius 2 is 2.15 bits per heavy atom. The first-order valence-corrected chi connectivity index (χ1v) is 4.08. The van der Waals surface area contributed by atoms with Crippen LogP contribution in [0.4, 0.5) is 0 Å². The highest BCUT2D eigenvalue weighted by atomic mass is 16.3. The summed E-state index contributed by atoms with van der Waals surface area (Å²) in [4.78, 5) is 11.0. The molecular formula is C10H13NO2. The fourth-order valence-corrected chi connectivity index (χ4v) is 1.18. The summed E-state index contributed by atoms with van der Waals surface area (Å²) in [7, 11) is 0. The number of hydrogen-bond donors (Lipinski definition) is 2. The van der Waals surface area contributed by atoms with Crippen molar-refractivity contribution in [2.75, 3.05) is 0 Å². The Bertz CT molecular complexity index is 334. The summed E-state index contributed by atoms with van der Waals surface area (Å²) < 4.78 is 0. The van der Waals surface area contributed by atoms with E-state index in [2.05, 4.69) is 0 Å². The second-order valence-corrected chi connectivity index (χ2v) is 3.13. The lowest BCUT2D eigenvalue weighted by Gasteiger charge is -2.11. The van der Waals surface area contributed by atoms with E-state index in [0.717, 1.165) is 5.56 Å². The van der Waals surface area contributed by atoms with Gasteiger partial charge in [0.15, 0.2) is 5.78 Å². The van der Waals surface area contributed by atoms with Crippen LogP contribution in [0.25, 0.3) is 0 Å². The summed E-state index contributed by atoms with van der Waals surface area (Å²) in [6.07, 6.45) is 0. The molecule has 0 saturated carbocycles. The molecule has 0 heterocycles. The third-order valence-electron chi connectivity index (χ3n) is 2.04. The van der Waals surface area contributed by atoms with Gasteiger partial charge in [-0.1, -0.05) is 6.07 Å². The molecule has 1 unspecified atom stereocenters. The zero-order chi connectivity index (χ0) is 10.0. The van der Waals surface area contributed by atoms with Gasteiger partial charge in [-0.25, -0.2) is 0 Å². The number of carbonyl (C=O) groups excluding carboxylic acids is 1. The molecule has 3 heteroatoms. The Kier molecular flexibility index (Phi) is 2.68. The number of phenolic OH excluding ortho intramolecular Hbond substituents is 1. The Morgan fingerprint density at radius 3 is 2.69 bits per heavy atom. The Balaban J connectivity index is 3.12. The van der Waals surface area contributed by atoms with E-state index in [1.807, 2.05) is 6.92 Å². The van der Waals surface area contributed by atoms with Gasteiger partial charge in [0.25, 0.3) is 0 Å². The fraction of sp³-hybridized carbons (Fsp3) is 0.300. The van der Waals surface area contributed by atoms with Crippen LogP contribution in [-0.4, -0.2) is 10.9 Å². The summed E-state index contributed by atoms with van der Waals surface area (Å²) in [5, 5.41) is 9.20. The van der Waals surface area contributed by atoms with E-state index in [0.29, 0.717) is 5.56 Å². The van der Waals surface area contributed by atoms with Crippen molar-refractivity contribution in [2.45, 2.75) is 19.9 Å². The molecule has 0 bridgehead atoms. The maximum atomic E-state index is 11.0. The lowest BCUT2D eigenvalue weighted by molar-refractivity contribution is -0.118. The molecular weight excluding hydrogens is 166 g/mol. The van der Waals surface area contributed by atoms with Gasteiger partial charge in [0.2, 0.25) is 0 Å². The molecule has 0 aromatic heterocycles. The van der Waals surface area contributed by atoms with Gasteiger partial charge in [0, 0.05) is 0 Å². The lowest BCUT2D eigenvalue weighted by atomic mass is 9.99. The second-order valence-electron chi connectivity index (χ2n) is 3.13. The zero-order valence-electron chi connectivity index (χ0n) is 7.74. The van der Waals surface area contributed by atoms with Gasteiger partial charge in [-0.3, -0.25) is 4.79 Å². The smallest absolute Gasteiger partial charge is 0.150 e. The molecule has 0 fully saturated rings. The molecule has 1 aromatic rings. The van der Waals surface area contributed by atoms with Crippen LogP contribution in [0.5, 0.6) is 5.75 Å².